The molecular weight excluding hydrogens is 230 g/mol. The van der Waals surface area contributed by atoms with Crippen molar-refractivity contribution >= 4 is 23.3 Å². The highest BCUT2D eigenvalue weighted by molar-refractivity contribution is 6.31. The standard InChI is InChI=1S/C11H12ClNO3/c12-6-1-2-9(11(15)16)10(3-6)13-7-4-8(14)5-7/h1-3,7-8,13-14H,4-5H2,(H,15,16). The maximum atomic E-state index is 11.0. The molecule has 4 nitrogen and oxygen atoms in total. The SMILES string of the molecule is O=C(O)c1ccc(Cl)cc1NC1CC(O)C1. The average Bonchev–Trinajstić information content (AvgIpc) is 2.15. The normalized spacial score (nSPS) is 23.6. The monoisotopic (exact) mass is 241 g/mol. The van der Waals surface area contributed by atoms with Gasteiger partial charge in [-0.1, -0.05) is 11.6 Å². The highest BCUT2D eigenvalue weighted by Crippen LogP contribution is 2.27. The predicted molar refractivity (Wildman–Crippen MR) is 61.1 cm³/mol. The molecule has 0 saturated heterocycles. The van der Waals surface area contributed by atoms with E-state index < -0.39 is 5.97 Å². The second-order valence-corrected chi connectivity index (χ2v) is 4.40. The van der Waals surface area contributed by atoms with E-state index in [1.54, 1.807) is 12.1 Å². The summed E-state index contributed by atoms with van der Waals surface area (Å²) in [6, 6.07) is 4.75. The molecule has 0 aromatic heterocycles. The first-order chi connectivity index (χ1) is 7.56. The zero-order valence-electron chi connectivity index (χ0n) is 8.48. The molecule has 1 aliphatic carbocycles. The summed E-state index contributed by atoms with van der Waals surface area (Å²) in [5.74, 6) is -0.987. The molecule has 1 aliphatic rings. The number of aliphatic hydroxyl groups excluding tert-OH is 1. The Hall–Kier alpha value is -1.26. The van der Waals surface area contributed by atoms with Crippen LogP contribution < -0.4 is 5.32 Å². The maximum absolute atomic E-state index is 11.0. The fourth-order valence-corrected chi connectivity index (χ4v) is 1.92. The van der Waals surface area contributed by atoms with Crippen LogP contribution in [0.5, 0.6) is 0 Å². The van der Waals surface area contributed by atoms with Crippen LogP contribution in [-0.2, 0) is 0 Å². The molecule has 0 unspecified atom stereocenters. The molecule has 1 aromatic rings. The number of hydrogen-bond donors (Lipinski definition) is 3. The van der Waals surface area contributed by atoms with Crippen LogP contribution in [0.3, 0.4) is 0 Å². The van der Waals surface area contributed by atoms with E-state index in [1.165, 1.54) is 6.07 Å². The zero-order valence-corrected chi connectivity index (χ0v) is 9.24. The Morgan fingerprint density at radius 2 is 2.12 bits per heavy atom. The van der Waals surface area contributed by atoms with Crippen LogP contribution in [0.1, 0.15) is 23.2 Å². The van der Waals surface area contributed by atoms with Gasteiger partial charge >= 0.3 is 5.97 Å². The number of rotatable bonds is 3. The van der Waals surface area contributed by atoms with Gasteiger partial charge in [-0.2, -0.15) is 0 Å². The number of hydrogen-bond acceptors (Lipinski definition) is 3. The summed E-state index contributed by atoms with van der Waals surface area (Å²) >= 11 is 5.81. The van der Waals surface area contributed by atoms with Crippen LogP contribution in [0.25, 0.3) is 0 Å². The molecule has 3 N–H and O–H groups in total. The van der Waals surface area contributed by atoms with Crippen LogP contribution in [0.15, 0.2) is 18.2 Å². The molecule has 0 bridgehead atoms. The minimum atomic E-state index is -0.987. The summed E-state index contributed by atoms with van der Waals surface area (Å²) in [5.41, 5.74) is 0.711. The van der Waals surface area contributed by atoms with Crippen molar-refractivity contribution in [3.8, 4) is 0 Å². The van der Waals surface area contributed by atoms with Crippen molar-refractivity contribution in [3.63, 3.8) is 0 Å². The highest BCUT2D eigenvalue weighted by Gasteiger charge is 2.27. The van der Waals surface area contributed by atoms with Crippen LogP contribution >= 0.6 is 11.6 Å². The summed E-state index contributed by atoms with van der Waals surface area (Å²) in [5, 5.41) is 21.7. The van der Waals surface area contributed by atoms with Gasteiger partial charge in [0.25, 0.3) is 0 Å². The lowest BCUT2D eigenvalue weighted by Crippen LogP contribution is -2.39. The number of carboxylic acids is 1. The van der Waals surface area contributed by atoms with E-state index >= 15 is 0 Å². The lowest BCUT2D eigenvalue weighted by atomic mass is 9.89. The third-order valence-corrected chi connectivity index (χ3v) is 2.92. The molecule has 0 heterocycles. The van der Waals surface area contributed by atoms with Crippen LogP contribution in [0.2, 0.25) is 5.02 Å². The Balaban J connectivity index is 2.17. The predicted octanol–water partition coefficient (Wildman–Crippen LogP) is 1.97. The molecule has 16 heavy (non-hydrogen) atoms. The van der Waals surface area contributed by atoms with Gasteiger partial charge in [-0.05, 0) is 31.0 Å². The van der Waals surface area contributed by atoms with E-state index in [0.29, 0.717) is 23.6 Å². The summed E-state index contributed by atoms with van der Waals surface area (Å²) in [4.78, 5) is 11.0. The minimum Gasteiger partial charge on any atom is -0.478 e. The van der Waals surface area contributed by atoms with Gasteiger partial charge in [0.05, 0.1) is 17.4 Å². The molecule has 0 spiro atoms. The summed E-state index contributed by atoms with van der Waals surface area (Å²) in [6.45, 7) is 0. The maximum Gasteiger partial charge on any atom is 0.337 e. The number of aliphatic hydroxyl groups is 1. The summed E-state index contributed by atoms with van der Waals surface area (Å²) in [7, 11) is 0. The highest BCUT2D eigenvalue weighted by atomic mass is 35.5. The van der Waals surface area contributed by atoms with Gasteiger partial charge in [0.2, 0.25) is 0 Å². The van der Waals surface area contributed by atoms with Gasteiger partial charge in [-0.25, -0.2) is 4.79 Å². The Morgan fingerprint density at radius 1 is 1.44 bits per heavy atom. The van der Waals surface area contributed by atoms with Gasteiger partial charge in [0.15, 0.2) is 0 Å². The molecular formula is C11H12ClNO3. The smallest absolute Gasteiger partial charge is 0.337 e. The van der Waals surface area contributed by atoms with Crippen molar-refractivity contribution < 1.29 is 15.0 Å². The molecule has 2 rings (SSSR count). The van der Waals surface area contributed by atoms with Crippen molar-refractivity contribution in [3.05, 3.63) is 28.8 Å². The number of nitrogens with one attached hydrogen (secondary N) is 1. The van der Waals surface area contributed by atoms with Crippen LogP contribution in [-0.4, -0.2) is 28.3 Å². The molecule has 86 valence electrons. The van der Waals surface area contributed by atoms with Crippen LogP contribution in [0.4, 0.5) is 5.69 Å². The molecule has 5 heteroatoms. The van der Waals surface area contributed by atoms with E-state index in [4.69, 9.17) is 21.8 Å². The molecule has 1 fully saturated rings. The lowest BCUT2D eigenvalue weighted by Gasteiger charge is -2.33. The molecule has 1 aromatic carbocycles. The van der Waals surface area contributed by atoms with E-state index in [-0.39, 0.29) is 17.7 Å². The van der Waals surface area contributed by atoms with Crippen molar-refractivity contribution in [2.24, 2.45) is 0 Å². The van der Waals surface area contributed by atoms with Gasteiger partial charge in [0.1, 0.15) is 0 Å². The molecule has 0 radical (unpaired) electrons. The van der Waals surface area contributed by atoms with Crippen LogP contribution in [0, 0.1) is 0 Å². The van der Waals surface area contributed by atoms with Gasteiger partial charge in [-0.15, -0.1) is 0 Å². The number of halogens is 1. The van der Waals surface area contributed by atoms with Gasteiger partial charge in [-0.3, -0.25) is 0 Å². The zero-order chi connectivity index (χ0) is 11.7. The third-order valence-electron chi connectivity index (χ3n) is 2.68. The quantitative estimate of drug-likeness (QED) is 0.757. The molecule has 0 atom stereocenters. The van der Waals surface area contributed by atoms with Crippen molar-refractivity contribution in [2.45, 2.75) is 25.0 Å². The van der Waals surface area contributed by atoms with Crippen molar-refractivity contribution in [1.29, 1.82) is 0 Å². The number of anilines is 1. The molecule has 0 amide bonds. The molecule has 0 aliphatic heterocycles. The Morgan fingerprint density at radius 3 is 2.69 bits per heavy atom. The Kier molecular flexibility index (Phi) is 3.03. The first kappa shape index (κ1) is 11.2. The van der Waals surface area contributed by atoms with Gasteiger partial charge < -0.3 is 15.5 Å². The largest absolute Gasteiger partial charge is 0.478 e. The second kappa shape index (κ2) is 4.31. The van der Waals surface area contributed by atoms with E-state index in [9.17, 15) is 4.79 Å². The molecule has 1 saturated carbocycles. The third kappa shape index (κ3) is 2.28. The fourth-order valence-electron chi connectivity index (χ4n) is 1.75. The number of carboxylic acid groups (broad SMARTS) is 1. The fraction of sp³-hybridized carbons (Fsp3) is 0.364. The Labute approximate surface area is 97.9 Å². The van der Waals surface area contributed by atoms with E-state index in [0.717, 1.165) is 0 Å². The summed E-state index contributed by atoms with van der Waals surface area (Å²) < 4.78 is 0. The van der Waals surface area contributed by atoms with E-state index in [2.05, 4.69) is 5.32 Å². The first-order valence-electron chi connectivity index (χ1n) is 5.03. The second-order valence-electron chi connectivity index (χ2n) is 3.96. The average molecular weight is 242 g/mol. The van der Waals surface area contributed by atoms with Gasteiger partial charge in [0, 0.05) is 11.1 Å². The Bertz CT molecular complexity index is 416. The topological polar surface area (TPSA) is 69.6 Å². The first-order valence-corrected chi connectivity index (χ1v) is 5.41. The number of aromatic carboxylic acids is 1. The minimum absolute atomic E-state index is 0.131. The lowest BCUT2D eigenvalue weighted by molar-refractivity contribution is 0.0697. The van der Waals surface area contributed by atoms with E-state index in [1.807, 2.05) is 0 Å². The number of benzene rings is 1. The number of carbonyl (C=O) groups is 1. The summed E-state index contributed by atoms with van der Waals surface area (Å²) in [6.07, 6.45) is 1.02. The van der Waals surface area contributed by atoms with Crippen molar-refractivity contribution in [1.82, 2.24) is 0 Å². The van der Waals surface area contributed by atoms with Crippen molar-refractivity contribution in [2.75, 3.05) is 5.32 Å².